The summed E-state index contributed by atoms with van der Waals surface area (Å²) in [6.07, 6.45) is 32.9. The van der Waals surface area contributed by atoms with E-state index in [0.29, 0.717) is 6.42 Å². The average Bonchev–Trinajstić information content (AvgIpc) is 2.80. The van der Waals surface area contributed by atoms with E-state index in [-0.39, 0.29) is 0 Å². The standard InChI is InChI=1S/C29H56O4/c1-2-3-4-5-6-7-8-9-10-11-12-13-14-15-16-17-18-19-20-21-22-23-24-25-26-29(32)33-27-28(30)31/h2-27H2,1H3,(H,30,31). The maximum absolute atomic E-state index is 11.3. The molecule has 0 aromatic rings. The van der Waals surface area contributed by atoms with Gasteiger partial charge >= 0.3 is 11.9 Å². The van der Waals surface area contributed by atoms with Gasteiger partial charge in [0.15, 0.2) is 6.61 Å². The van der Waals surface area contributed by atoms with E-state index in [4.69, 9.17) is 5.11 Å². The molecule has 4 nitrogen and oxygen atoms in total. The van der Waals surface area contributed by atoms with Crippen LogP contribution in [0.3, 0.4) is 0 Å². The van der Waals surface area contributed by atoms with Crippen molar-refractivity contribution >= 4 is 11.9 Å². The molecule has 0 spiro atoms. The summed E-state index contributed by atoms with van der Waals surface area (Å²) < 4.78 is 4.62. The van der Waals surface area contributed by atoms with Gasteiger partial charge in [0.2, 0.25) is 0 Å². The molecular formula is C29H56O4. The smallest absolute Gasteiger partial charge is 0.341 e. The van der Waals surface area contributed by atoms with Gasteiger partial charge in [-0.2, -0.15) is 0 Å². The lowest BCUT2D eigenvalue weighted by atomic mass is 10.0. The van der Waals surface area contributed by atoms with Crippen LogP contribution in [0, 0.1) is 0 Å². The molecule has 0 aliphatic heterocycles. The molecule has 0 aliphatic rings. The number of ether oxygens (including phenoxy) is 1. The molecule has 0 aromatic heterocycles. The van der Waals surface area contributed by atoms with Crippen molar-refractivity contribution in [3.05, 3.63) is 0 Å². The first kappa shape index (κ1) is 31.9. The lowest BCUT2D eigenvalue weighted by Gasteiger charge is -2.04. The third-order valence-electron chi connectivity index (χ3n) is 6.59. The number of aliphatic carboxylic acids is 1. The van der Waals surface area contributed by atoms with Crippen LogP contribution >= 0.6 is 0 Å². The number of hydrogen-bond donors (Lipinski definition) is 1. The zero-order valence-electron chi connectivity index (χ0n) is 22.1. The molecule has 1 N–H and O–H groups in total. The first-order valence-corrected chi connectivity index (χ1v) is 14.5. The Kier molecular flexibility index (Phi) is 26.3. The fraction of sp³-hybridized carbons (Fsp3) is 0.931. The Morgan fingerprint density at radius 3 is 1.03 bits per heavy atom. The third-order valence-corrected chi connectivity index (χ3v) is 6.59. The number of hydrogen-bond acceptors (Lipinski definition) is 3. The molecule has 33 heavy (non-hydrogen) atoms. The minimum atomic E-state index is -1.09. The van der Waals surface area contributed by atoms with Gasteiger partial charge in [0, 0.05) is 6.42 Å². The van der Waals surface area contributed by atoms with Crippen LogP contribution in [0.5, 0.6) is 0 Å². The normalized spacial score (nSPS) is 11.1. The number of carboxylic acids is 1. The fourth-order valence-corrected chi connectivity index (χ4v) is 4.45. The second-order valence-electron chi connectivity index (χ2n) is 9.94. The highest BCUT2D eigenvalue weighted by Gasteiger charge is 2.05. The largest absolute Gasteiger partial charge is 0.479 e. The minimum Gasteiger partial charge on any atom is -0.479 e. The first-order chi connectivity index (χ1) is 16.2. The minimum absolute atomic E-state index is 0.340. The molecule has 4 heteroatoms. The molecule has 0 saturated heterocycles. The Bertz CT molecular complexity index is 422. The van der Waals surface area contributed by atoms with E-state index in [0.717, 1.165) is 19.3 Å². The van der Waals surface area contributed by atoms with Crippen LogP contribution in [0.25, 0.3) is 0 Å². The van der Waals surface area contributed by atoms with Gasteiger partial charge in [-0.1, -0.05) is 155 Å². The van der Waals surface area contributed by atoms with E-state index in [9.17, 15) is 9.59 Å². The average molecular weight is 469 g/mol. The number of carboxylic acid groups (broad SMARTS) is 1. The van der Waals surface area contributed by atoms with Crippen LogP contribution in [0.4, 0.5) is 0 Å². The topological polar surface area (TPSA) is 63.6 Å². The monoisotopic (exact) mass is 468 g/mol. The number of carbonyl (C=O) groups excluding carboxylic acids is 1. The lowest BCUT2D eigenvalue weighted by Crippen LogP contribution is -2.12. The van der Waals surface area contributed by atoms with Gasteiger partial charge < -0.3 is 9.84 Å². The van der Waals surface area contributed by atoms with E-state index in [1.807, 2.05) is 0 Å². The summed E-state index contributed by atoms with van der Waals surface area (Å²) >= 11 is 0. The Labute approximate surface area is 205 Å². The van der Waals surface area contributed by atoms with Crippen LogP contribution in [0.2, 0.25) is 0 Å². The van der Waals surface area contributed by atoms with Gasteiger partial charge in [0.1, 0.15) is 0 Å². The highest BCUT2D eigenvalue weighted by atomic mass is 16.5. The Hall–Kier alpha value is -1.06. The number of rotatable bonds is 27. The van der Waals surface area contributed by atoms with E-state index < -0.39 is 18.5 Å². The van der Waals surface area contributed by atoms with Crippen molar-refractivity contribution in [2.45, 2.75) is 167 Å². The van der Waals surface area contributed by atoms with Gasteiger partial charge in [-0.05, 0) is 6.42 Å². The first-order valence-electron chi connectivity index (χ1n) is 14.5. The highest BCUT2D eigenvalue weighted by molar-refractivity contribution is 5.75. The predicted molar refractivity (Wildman–Crippen MR) is 140 cm³/mol. The summed E-state index contributed by atoms with van der Waals surface area (Å²) in [4.78, 5) is 21.6. The van der Waals surface area contributed by atoms with Crippen molar-refractivity contribution in [3.63, 3.8) is 0 Å². The van der Waals surface area contributed by atoms with E-state index >= 15 is 0 Å². The van der Waals surface area contributed by atoms with Crippen molar-refractivity contribution in [3.8, 4) is 0 Å². The molecule has 0 atom stereocenters. The van der Waals surface area contributed by atoms with Gasteiger partial charge in [0.25, 0.3) is 0 Å². The molecule has 0 aromatic carbocycles. The van der Waals surface area contributed by atoms with Gasteiger partial charge in [-0.25, -0.2) is 4.79 Å². The molecule has 0 aliphatic carbocycles. The van der Waals surface area contributed by atoms with Gasteiger partial charge in [-0.15, -0.1) is 0 Å². The van der Waals surface area contributed by atoms with E-state index in [1.165, 1.54) is 135 Å². The summed E-state index contributed by atoms with van der Waals surface area (Å²) in [7, 11) is 0. The zero-order chi connectivity index (χ0) is 24.2. The quantitative estimate of drug-likeness (QED) is 0.0963. The molecule has 0 heterocycles. The second kappa shape index (κ2) is 27.2. The van der Waals surface area contributed by atoms with E-state index in [2.05, 4.69) is 11.7 Å². The molecule has 0 rings (SSSR count). The van der Waals surface area contributed by atoms with Crippen molar-refractivity contribution in [2.24, 2.45) is 0 Å². The van der Waals surface area contributed by atoms with Crippen LogP contribution in [0.1, 0.15) is 167 Å². The Morgan fingerprint density at radius 2 is 0.758 bits per heavy atom. The summed E-state index contributed by atoms with van der Waals surface area (Å²) in [6, 6.07) is 0. The van der Waals surface area contributed by atoms with Crippen LogP contribution in [-0.4, -0.2) is 23.7 Å². The maximum atomic E-state index is 11.3. The van der Waals surface area contributed by atoms with Crippen LogP contribution in [0.15, 0.2) is 0 Å². The van der Waals surface area contributed by atoms with Crippen molar-refractivity contribution in [1.82, 2.24) is 0 Å². The Morgan fingerprint density at radius 1 is 0.485 bits per heavy atom. The molecule has 0 radical (unpaired) electrons. The highest BCUT2D eigenvalue weighted by Crippen LogP contribution is 2.15. The summed E-state index contributed by atoms with van der Waals surface area (Å²) in [5, 5.41) is 8.45. The molecule has 0 amide bonds. The molecule has 0 bridgehead atoms. The predicted octanol–water partition coefficient (Wildman–Crippen LogP) is 9.39. The van der Waals surface area contributed by atoms with Crippen molar-refractivity contribution in [2.75, 3.05) is 6.61 Å². The van der Waals surface area contributed by atoms with Crippen LogP contribution < -0.4 is 0 Å². The summed E-state index contributed by atoms with van der Waals surface area (Å²) in [5.41, 5.74) is 0. The third kappa shape index (κ3) is 28.9. The van der Waals surface area contributed by atoms with Crippen molar-refractivity contribution < 1.29 is 19.4 Å². The Balaban J connectivity index is 3.08. The summed E-state index contributed by atoms with van der Waals surface area (Å²) in [6.45, 7) is 1.77. The van der Waals surface area contributed by atoms with Gasteiger partial charge in [0.05, 0.1) is 0 Å². The second-order valence-corrected chi connectivity index (χ2v) is 9.94. The molecule has 196 valence electrons. The number of unbranched alkanes of at least 4 members (excludes halogenated alkanes) is 23. The van der Waals surface area contributed by atoms with Crippen LogP contribution in [-0.2, 0) is 14.3 Å². The fourth-order valence-electron chi connectivity index (χ4n) is 4.45. The molecular weight excluding hydrogens is 412 g/mol. The molecule has 0 unspecified atom stereocenters. The summed E-state index contributed by atoms with van der Waals surface area (Å²) in [5.74, 6) is -1.49. The molecule has 0 saturated carbocycles. The SMILES string of the molecule is CCCCCCCCCCCCCCCCCCCCCCCCCCC(=O)OCC(=O)O. The molecule has 0 fully saturated rings. The van der Waals surface area contributed by atoms with Crippen molar-refractivity contribution in [1.29, 1.82) is 0 Å². The zero-order valence-corrected chi connectivity index (χ0v) is 22.1. The van der Waals surface area contributed by atoms with Gasteiger partial charge in [-0.3, -0.25) is 4.79 Å². The van der Waals surface area contributed by atoms with E-state index in [1.54, 1.807) is 0 Å². The number of carbonyl (C=O) groups is 2. The maximum Gasteiger partial charge on any atom is 0.341 e. The number of esters is 1. The lowest BCUT2D eigenvalue weighted by molar-refractivity contribution is -0.155.